The van der Waals surface area contributed by atoms with Crippen LogP contribution in [0.15, 0.2) is 54.9 Å². The Morgan fingerprint density at radius 2 is 1.88 bits per heavy atom. The summed E-state index contributed by atoms with van der Waals surface area (Å²) < 4.78 is 0. The van der Waals surface area contributed by atoms with Gasteiger partial charge in [-0.3, -0.25) is 24.7 Å². The second kappa shape index (κ2) is 8.26. The molecule has 0 saturated heterocycles. The van der Waals surface area contributed by atoms with Crippen molar-refractivity contribution in [3.05, 3.63) is 76.2 Å². The summed E-state index contributed by atoms with van der Waals surface area (Å²) in [5.41, 5.74) is 2.71. The van der Waals surface area contributed by atoms with E-state index in [4.69, 9.17) is 0 Å². The van der Waals surface area contributed by atoms with Crippen molar-refractivity contribution in [2.45, 2.75) is 32.4 Å². The van der Waals surface area contributed by atoms with Gasteiger partial charge in [0.1, 0.15) is 0 Å². The highest BCUT2D eigenvalue weighted by atomic mass is 16.6. The molecule has 0 spiro atoms. The van der Waals surface area contributed by atoms with Crippen LogP contribution in [0.5, 0.6) is 0 Å². The van der Waals surface area contributed by atoms with Crippen LogP contribution < -0.4 is 5.32 Å². The number of ketones is 1. The van der Waals surface area contributed by atoms with Gasteiger partial charge in [0.2, 0.25) is 11.4 Å². The molecule has 4 rings (SSSR count). The maximum Gasteiger partial charge on any atom is 0.230 e. The minimum atomic E-state index is -1.40. The molecule has 0 fully saturated rings. The van der Waals surface area contributed by atoms with E-state index < -0.39 is 16.4 Å². The predicted molar refractivity (Wildman–Crippen MR) is 119 cm³/mol. The first-order valence-corrected chi connectivity index (χ1v) is 10.2. The Balaban J connectivity index is 1.71. The highest BCUT2D eigenvalue weighted by Crippen LogP contribution is 2.38. The topological polar surface area (TPSA) is 121 Å². The molecule has 9 nitrogen and oxygen atoms in total. The second-order valence-electron chi connectivity index (χ2n) is 8.37. The predicted octanol–water partition coefficient (Wildman–Crippen LogP) is 3.79. The zero-order chi connectivity index (χ0) is 22.9. The molecular formula is C23H23N5O4. The number of benzene rings is 1. The molecule has 3 heterocycles. The van der Waals surface area contributed by atoms with Crippen LogP contribution in [-0.2, 0) is 11.3 Å². The maximum atomic E-state index is 13.2. The first kappa shape index (κ1) is 21.2. The third-order valence-electron chi connectivity index (χ3n) is 5.48. The first-order valence-electron chi connectivity index (χ1n) is 10.2. The summed E-state index contributed by atoms with van der Waals surface area (Å²) in [5, 5.41) is 14.6. The Hall–Kier alpha value is -4.01. The van der Waals surface area contributed by atoms with Crippen LogP contribution in [0.4, 0.5) is 11.4 Å². The number of para-hydroxylation sites is 1. The molecule has 0 saturated carbocycles. The number of nitrogens with zero attached hydrogens (tertiary/aromatic N) is 3. The van der Waals surface area contributed by atoms with Crippen molar-refractivity contribution >= 4 is 23.1 Å². The number of nitrogens with one attached hydrogen (secondary N) is 2. The molecule has 9 heteroatoms. The molecule has 2 N–H and O–H groups in total. The van der Waals surface area contributed by atoms with Crippen molar-refractivity contribution in [1.29, 1.82) is 0 Å². The Morgan fingerprint density at radius 1 is 1.19 bits per heavy atom. The Labute approximate surface area is 184 Å². The van der Waals surface area contributed by atoms with Gasteiger partial charge in [-0.25, -0.2) is 0 Å². The Morgan fingerprint density at radius 3 is 2.53 bits per heavy atom. The number of Topliss-reactive ketones (excluding diaryl/α,β-unsaturated/α-hetero) is 1. The summed E-state index contributed by atoms with van der Waals surface area (Å²) in [6.45, 7) is 2.85. The van der Waals surface area contributed by atoms with Crippen LogP contribution in [-0.4, -0.2) is 43.6 Å². The van der Waals surface area contributed by atoms with E-state index in [0.29, 0.717) is 16.9 Å². The van der Waals surface area contributed by atoms with Crippen molar-refractivity contribution in [3.8, 4) is 11.3 Å². The second-order valence-corrected chi connectivity index (χ2v) is 8.37. The standard InChI is InChI=1S/C23H23N5O4/c1-23(2,28(31)32)12-19(30)27-13-17-20(18(29)14-27)22(25-16-6-4-3-5-7-16)21(26-17)15-8-10-24-11-9-15/h3-11,25-26H,12-14H2,1-2H3. The quantitative estimate of drug-likeness (QED) is 0.451. The van der Waals surface area contributed by atoms with Gasteiger partial charge < -0.3 is 15.2 Å². The van der Waals surface area contributed by atoms with Gasteiger partial charge in [0, 0.05) is 48.1 Å². The van der Waals surface area contributed by atoms with Crippen molar-refractivity contribution in [2.75, 3.05) is 11.9 Å². The van der Waals surface area contributed by atoms with Crippen LogP contribution in [0, 0.1) is 10.1 Å². The fourth-order valence-electron chi connectivity index (χ4n) is 3.73. The number of hydrogen-bond donors (Lipinski definition) is 2. The number of amides is 1. The fourth-order valence-corrected chi connectivity index (χ4v) is 3.73. The minimum absolute atomic E-state index is 0.128. The van der Waals surface area contributed by atoms with E-state index in [-0.39, 0.29) is 25.3 Å². The summed E-state index contributed by atoms with van der Waals surface area (Å²) in [6.07, 6.45) is 3.05. The van der Waals surface area contributed by atoms with Gasteiger partial charge in [0.05, 0.1) is 36.5 Å². The molecular weight excluding hydrogens is 410 g/mol. The summed E-state index contributed by atoms with van der Waals surface area (Å²) in [4.78, 5) is 45.4. The third-order valence-corrected chi connectivity index (χ3v) is 5.48. The number of carbonyl (C=O) groups is 2. The lowest BCUT2D eigenvalue weighted by Crippen LogP contribution is -2.44. The smallest absolute Gasteiger partial charge is 0.230 e. The summed E-state index contributed by atoms with van der Waals surface area (Å²) in [7, 11) is 0. The van der Waals surface area contributed by atoms with Crippen LogP contribution in [0.3, 0.4) is 0 Å². The largest absolute Gasteiger partial charge is 0.355 e. The monoisotopic (exact) mass is 433 g/mol. The molecule has 1 amide bonds. The molecule has 2 aromatic heterocycles. The average Bonchev–Trinajstić information content (AvgIpc) is 3.13. The van der Waals surface area contributed by atoms with E-state index in [2.05, 4.69) is 15.3 Å². The number of aromatic nitrogens is 2. The van der Waals surface area contributed by atoms with Crippen molar-refractivity contribution in [2.24, 2.45) is 0 Å². The van der Waals surface area contributed by atoms with Gasteiger partial charge in [-0.15, -0.1) is 0 Å². The number of carbonyl (C=O) groups excluding carboxylic acids is 2. The third kappa shape index (κ3) is 4.09. The minimum Gasteiger partial charge on any atom is -0.355 e. The van der Waals surface area contributed by atoms with Crippen LogP contribution in [0.2, 0.25) is 0 Å². The summed E-state index contributed by atoms with van der Waals surface area (Å²) in [6, 6.07) is 13.2. The SMILES string of the molecule is CC(C)(CC(=O)N1CC(=O)c2c([nH]c(-c3ccncc3)c2Nc2ccccc2)C1)[N+](=O)[O-]. The molecule has 0 bridgehead atoms. The molecule has 1 aliphatic heterocycles. The first-order chi connectivity index (χ1) is 15.3. The molecule has 32 heavy (non-hydrogen) atoms. The maximum absolute atomic E-state index is 13.2. The number of fused-ring (bicyclic) bond motifs is 1. The van der Waals surface area contributed by atoms with E-state index in [9.17, 15) is 19.7 Å². The molecule has 3 aromatic rings. The van der Waals surface area contributed by atoms with E-state index in [1.54, 1.807) is 12.4 Å². The highest BCUT2D eigenvalue weighted by molar-refractivity contribution is 6.09. The van der Waals surface area contributed by atoms with Crippen molar-refractivity contribution in [3.63, 3.8) is 0 Å². The van der Waals surface area contributed by atoms with E-state index in [0.717, 1.165) is 16.9 Å². The fraction of sp³-hybridized carbons (Fsp3) is 0.261. The van der Waals surface area contributed by atoms with Gasteiger partial charge in [-0.2, -0.15) is 0 Å². The number of rotatable bonds is 6. The van der Waals surface area contributed by atoms with Gasteiger partial charge in [0.15, 0.2) is 5.78 Å². The lowest BCUT2D eigenvalue weighted by Gasteiger charge is -2.28. The average molecular weight is 433 g/mol. The molecule has 1 aromatic carbocycles. The van der Waals surface area contributed by atoms with Crippen molar-refractivity contribution in [1.82, 2.24) is 14.9 Å². The molecule has 0 atom stereocenters. The van der Waals surface area contributed by atoms with Crippen molar-refractivity contribution < 1.29 is 14.5 Å². The zero-order valence-electron chi connectivity index (χ0n) is 17.8. The number of hydrogen-bond acceptors (Lipinski definition) is 6. The van der Waals surface area contributed by atoms with E-state index >= 15 is 0 Å². The number of nitro groups is 1. The molecule has 1 aliphatic rings. The normalized spacial score (nSPS) is 13.6. The van der Waals surface area contributed by atoms with Gasteiger partial charge in [-0.1, -0.05) is 18.2 Å². The molecule has 0 unspecified atom stereocenters. The Kier molecular flexibility index (Phi) is 5.48. The number of anilines is 2. The van der Waals surface area contributed by atoms with Crippen LogP contribution in [0.1, 0.15) is 36.3 Å². The molecule has 164 valence electrons. The van der Waals surface area contributed by atoms with Gasteiger partial charge in [-0.05, 0) is 24.3 Å². The van der Waals surface area contributed by atoms with E-state index in [1.807, 2.05) is 42.5 Å². The number of aromatic amines is 1. The molecule has 0 radical (unpaired) electrons. The Bertz CT molecular complexity index is 1170. The van der Waals surface area contributed by atoms with E-state index in [1.165, 1.54) is 18.7 Å². The van der Waals surface area contributed by atoms with Gasteiger partial charge >= 0.3 is 0 Å². The molecule has 0 aliphatic carbocycles. The number of H-pyrrole nitrogens is 1. The van der Waals surface area contributed by atoms with Crippen LogP contribution >= 0.6 is 0 Å². The number of pyridine rings is 1. The van der Waals surface area contributed by atoms with Crippen LogP contribution in [0.25, 0.3) is 11.3 Å². The lowest BCUT2D eigenvalue weighted by atomic mass is 9.98. The zero-order valence-corrected chi connectivity index (χ0v) is 17.8. The summed E-state index contributed by atoms with van der Waals surface area (Å²) in [5.74, 6) is -0.656. The highest BCUT2D eigenvalue weighted by Gasteiger charge is 2.38. The lowest BCUT2D eigenvalue weighted by molar-refractivity contribution is -0.559. The van der Waals surface area contributed by atoms with Gasteiger partial charge in [0.25, 0.3) is 0 Å². The summed E-state index contributed by atoms with van der Waals surface area (Å²) >= 11 is 0.